The number of amides is 1. The fraction of sp³-hybridized carbons (Fsp3) is 0.462. The zero-order valence-electron chi connectivity index (χ0n) is 10.3. The summed E-state index contributed by atoms with van der Waals surface area (Å²) in [5, 5.41) is 5.91. The summed E-state index contributed by atoms with van der Waals surface area (Å²) >= 11 is 0. The van der Waals surface area contributed by atoms with Crippen LogP contribution in [0.15, 0.2) is 18.2 Å². The number of carbonyl (C=O) groups is 1. The Bertz CT molecular complexity index is 399. The minimum atomic E-state index is -0.322. The van der Waals surface area contributed by atoms with Crippen molar-refractivity contribution in [2.75, 3.05) is 11.9 Å². The third-order valence-corrected chi connectivity index (χ3v) is 2.94. The van der Waals surface area contributed by atoms with E-state index in [1.54, 1.807) is 13.0 Å². The summed E-state index contributed by atoms with van der Waals surface area (Å²) < 4.78 is 13.2. The molecule has 0 spiro atoms. The summed E-state index contributed by atoms with van der Waals surface area (Å²) in [7, 11) is 0. The molecule has 0 radical (unpaired) electrons. The Hall–Kier alpha value is -1.13. The van der Waals surface area contributed by atoms with Crippen LogP contribution in [0.5, 0.6) is 0 Å². The Balaban J connectivity index is 0.00000162. The van der Waals surface area contributed by atoms with Gasteiger partial charge < -0.3 is 10.6 Å². The predicted molar refractivity (Wildman–Crippen MR) is 72.7 cm³/mol. The van der Waals surface area contributed by atoms with Gasteiger partial charge in [0.15, 0.2) is 0 Å². The first-order valence-corrected chi connectivity index (χ1v) is 5.96. The van der Waals surface area contributed by atoms with Crippen molar-refractivity contribution in [1.82, 2.24) is 5.32 Å². The van der Waals surface area contributed by atoms with Crippen molar-refractivity contribution in [2.24, 2.45) is 0 Å². The normalized spacial score (nSPS) is 18.9. The van der Waals surface area contributed by atoms with Crippen LogP contribution in [0.25, 0.3) is 0 Å². The minimum Gasteiger partial charge on any atom is -0.325 e. The van der Waals surface area contributed by atoms with Crippen LogP contribution in [-0.4, -0.2) is 18.5 Å². The molecule has 1 aromatic rings. The van der Waals surface area contributed by atoms with Crippen LogP contribution in [-0.2, 0) is 4.79 Å². The second-order valence-corrected chi connectivity index (χ2v) is 4.51. The smallest absolute Gasteiger partial charge is 0.241 e. The number of hydrogen-bond donors (Lipinski definition) is 2. The van der Waals surface area contributed by atoms with E-state index in [-0.39, 0.29) is 30.2 Å². The highest BCUT2D eigenvalue weighted by atomic mass is 35.5. The summed E-state index contributed by atoms with van der Waals surface area (Å²) in [5.41, 5.74) is 1.33. The second-order valence-electron chi connectivity index (χ2n) is 4.51. The summed E-state index contributed by atoms with van der Waals surface area (Å²) in [6, 6.07) is 4.40. The van der Waals surface area contributed by atoms with Crippen molar-refractivity contribution in [1.29, 1.82) is 0 Å². The van der Waals surface area contributed by atoms with E-state index in [1.807, 2.05) is 0 Å². The molecular weight excluding hydrogens is 255 g/mol. The third kappa shape index (κ3) is 3.96. The quantitative estimate of drug-likeness (QED) is 0.869. The van der Waals surface area contributed by atoms with Gasteiger partial charge in [-0.15, -0.1) is 12.4 Å². The van der Waals surface area contributed by atoms with E-state index in [0.29, 0.717) is 5.69 Å². The van der Waals surface area contributed by atoms with Gasteiger partial charge in [-0.3, -0.25) is 4.79 Å². The van der Waals surface area contributed by atoms with E-state index in [9.17, 15) is 9.18 Å². The molecule has 0 aliphatic carbocycles. The molecular formula is C13H18ClFN2O. The first-order valence-electron chi connectivity index (χ1n) is 5.96. The maximum atomic E-state index is 13.2. The molecule has 3 nitrogen and oxygen atoms in total. The number of piperidine rings is 1. The van der Waals surface area contributed by atoms with Crippen LogP contribution in [0.1, 0.15) is 24.8 Å². The van der Waals surface area contributed by atoms with Gasteiger partial charge in [0, 0.05) is 5.69 Å². The molecule has 0 aromatic heterocycles. The monoisotopic (exact) mass is 272 g/mol. The Kier molecular flexibility index (Phi) is 5.56. The van der Waals surface area contributed by atoms with Crippen LogP contribution in [0, 0.1) is 12.7 Å². The van der Waals surface area contributed by atoms with Gasteiger partial charge in [0.25, 0.3) is 0 Å². The number of carbonyl (C=O) groups excluding carboxylic acids is 1. The molecule has 0 unspecified atom stereocenters. The molecule has 1 atom stereocenters. The fourth-order valence-corrected chi connectivity index (χ4v) is 2.11. The standard InChI is InChI=1S/C13H17FN2O.ClH/c1-9-6-10(14)8-11(7-9)16-13(17)12-4-2-3-5-15-12;/h6-8,12,15H,2-5H2,1H3,(H,16,17);1H/t12-;/m1./s1. The maximum Gasteiger partial charge on any atom is 0.241 e. The van der Waals surface area contributed by atoms with Crippen LogP contribution in [0.4, 0.5) is 10.1 Å². The summed E-state index contributed by atoms with van der Waals surface area (Å²) in [4.78, 5) is 11.9. The molecule has 2 rings (SSSR count). The van der Waals surface area contributed by atoms with E-state index >= 15 is 0 Å². The van der Waals surface area contributed by atoms with Crippen molar-refractivity contribution in [3.8, 4) is 0 Å². The molecule has 1 fully saturated rings. The van der Waals surface area contributed by atoms with Crippen LogP contribution >= 0.6 is 12.4 Å². The number of hydrogen-bond acceptors (Lipinski definition) is 2. The summed E-state index contributed by atoms with van der Waals surface area (Å²) in [6.45, 7) is 2.68. The number of benzene rings is 1. The largest absolute Gasteiger partial charge is 0.325 e. The maximum absolute atomic E-state index is 13.2. The predicted octanol–water partition coefficient (Wildman–Crippen LogP) is 2.64. The van der Waals surface area contributed by atoms with Gasteiger partial charge >= 0.3 is 0 Å². The van der Waals surface area contributed by atoms with E-state index in [4.69, 9.17) is 0 Å². The van der Waals surface area contributed by atoms with Gasteiger partial charge in [-0.2, -0.15) is 0 Å². The van der Waals surface area contributed by atoms with Crippen LogP contribution < -0.4 is 10.6 Å². The van der Waals surface area contributed by atoms with Gasteiger partial charge in [0.05, 0.1) is 6.04 Å². The zero-order valence-corrected chi connectivity index (χ0v) is 11.1. The highest BCUT2D eigenvalue weighted by molar-refractivity contribution is 5.94. The lowest BCUT2D eigenvalue weighted by Gasteiger charge is -2.22. The highest BCUT2D eigenvalue weighted by Crippen LogP contribution is 2.15. The number of anilines is 1. The molecule has 0 saturated carbocycles. The molecule has 2 N–H and O–H groups in total. The SMILES string of the molecule is Cc1cc(F)cc(NC(=O)[C@H]2CCCCN2)c1.Cl. The van der Waals surface area contributed by atoms with Crippen molar-refractivity contribution < 1.29 is 9.18 Å². The van der Waals surface area contributed by atoms with Crippen LogP contribution in [0.3, 0.4) is 0 Å². The molecule has 1 aromatic carbocycles. The Morgan fingerprint density at radius 2 is 2.17 bits per heavy atom. The molecule has 1 saturated heterocycles. The number of nitrogens with one attached hydrogen (secondary N) is 2. The average Bonchev–Trinajstić information content (AvgIpc) is 2.28. The lowest BCUT2D eigenvalue weighted by atomic mass is 10.0. The van der Waals surface area contributed by atoms with Gasteiger partial charge in [0.1, 0.15) is 5.82 Å². The Morgan fingerprint density at radius 3 is 2.78 bits per heavy atom. The first-order chi connectivity index (χ1) is 8.15. The van der Waals surface area contributed by atoms with Crippen molar-refractivity contribution in [3.63, 3.8) is 0 Å². The number of halogens is 2. The second kappa shape index (κ2) is 6.71. The molecule has 100 valence electrons. The molecule has 1 aliphatic rings. The fourth-order valence-electron chi connectivity index (χ4n) is 2.11. The van der Waals surface area contributed by atoms with E-state index in [2.05, 4.69) is 10.6 Å². The topological polar surface area (TPSA) is 41.1 Å². The molecule has 1 heterocycles. The van der Waals surface area contributed by atoms with E-state index in [0.717, 1.165) is 31.4 Å². The lowest BCUT2D eigenvalue weighted by Crippen LogP contribution is -2.43. The van der Waals surface area contributed by atoms with Crippen LogP contribution in [0.2, 0.25) is 0 Å². The summed E-state index contributed by atoms with van der Waals surface area (Å²) in [6.07, 6.45) is 3.02. The first kappa shape index (κ1) is 14.9. The zero-order chi connectivity index (χ0) is 12.3. The minimum absolute atomic E-state index is 0. The van der Waals surface area contributed by atoms with Gasteiger partial charge in [-0.1, -0.05) is 6.42 Å². The molecule has 1 amide bonds. The number of rotatable bonds is 2. The number of aryl methyl sites for hydroxylation is 1. The third-order valence-electron chi connectivity index (χ3n) is 2.94. The molecule has 0 bridgehead atoms. The van der Waals surface area contributed by atoms with E-state index < -0.39 is 0 Å². The summed E-state index contributed by atoms with van der Waals surface area (Å²) in [5.74, 6) is -0.397. The van der Waals surface area contributed by atoms with Crippen molar-refractivity contribution in [3.05, 3.63) is 29.6 Å². The van der Waals surface area contributed by atoms with Crippen molar-refractivity contribution in [2.45, 2.75) is 32.2 Å². The molecule has 18 heavy (non-hydrogen) atoms. The van der Waals surface area contributed by atoms with Gasteiger partial charge in [0.2, 0.25) is 5.91 Å². The lowest BCUT2D eigenvalue weighted by molar-refractivity contribution is -0.118. The Labute approximate surface area is 113 Å². The van der Waals surface area contributed by atoms with Gasteiger partial charge in [-0.25, -0.2) is 4.39 Å². The molecule has 5 heteroatoms. The van der Waals surface area contributed by atoms with Crippen molar-refractivity contribution >= 4 is 24.0 Å². The average molecular weight is 273 g/mol. The van der Waals surface area contributed by atoms with E-state index in [1.165, 1.54) is 12.1 Å². The highest BCUT2D eigenvalue weighted by Gasteiger charge is 2.20. The Morgan fingerprint density at radius 1 is 1.39 bits per heavy atom. The van der Waals surface area contributed by atoms with Gasteiger partial charge in [-0.05, 0) is 50.1 Å². The molecule has 1 aliphatic heterocycles.